The van der Waals surface area contributed by atoms with Gasteiger partial charge in [0.05, 0.1) is 23.8 Å². The van der Waals surface area contributed by atoms with E-state index in [0.717, 1.165) is 37.8 Å². The molecule has 174 valence electrons. The first kappa shape index (κ1) is 20.8. The van der Waals surface area contributed by atoms with Crippen LogP contribution in [0, 0.1) is 17.3 Å². The van der Waals surface area contributed by atoms with Crippen molar-refractivity contribution in [3.63, 3.8) is 0 Å². The summed E-state index contributed by atoms with van der Waals surface area (Å²) in [5, 5.41) is 17.4. The number of carboxylic acid groups (broad SMARTS) is 1. The van der Waals surface area contributed by atoms with E-state index in [-0.39, 0.29) is 22.4 Å². The molecule has 0 saturated heterocycles. The van der Waals surface area contributed by atoms with Crippen molar-refractivity contribution in [2.75, 3.05) is 18.5 Å². The van der Waals surface area contributed by atoms with Gasteiger partial charge in [0.2, 0.25) is 0 Å². The second-order valence-electron chi connectivity index (χ2n) is 10.3. The second-order valence-corrected chi connectivity index (χ2v) is 10.7. The normalized spacial score (nSPS) is 31.4. The Bertz CT molecular complexity index is 1180. The highest BCUT2D eigenvalue weighted by atomic mass is 35.5. The molecule has 2 N–H and O–H groups in total. The number of carboxylic acids is 1. The van der Waals surface area contributed by atoms with E-state index in [9.17, 15) is 14.7 Å². The molecule has 2 aromatic rings. The predicted octanol–water partition coefficient (Wildman–Crippen LogP) is 4.18. The zero-order valence-electron chi connectivity index (χ0n) is 18.2. The van der Waals surface area contributed by atoms with Gasteiger partial charge in [0, 0.05) is 11.8 Å². The third-order valence-electron chi connectivity index (χ3n) is 7.87. The standard InChI is InChI=1S/C24H26ClN3O5/c25-21-17(27-16-1-2-18-19(6-16)33-4-3-32-18)12-26-28(22(21)31)24-9-14-5-15(10-24)8-23(7-14,13-24)11-20(29)30/h1-2,6,12,14-15,27H,3-5,7-11,13H2,(H,29,30)/t14-,15-,23?,24?/m0/s1. The topological polar surface area (TPSA) is 103 Å². The van der Waals surface area contributed by atoms with Crippen molar-refractivity contribution in [3.8, 4) is 11.5 Å². The lowest BCUT2D eigenvalue weighted by molar-refractivity contribution is -0.151. The molecule has 1 aromatic heterocycles. The van der Waals surface area contributed by atoms with Gasteiger partial charge in [0.15, 0.2) is 11.5 Å². The Morgan fingerprint density at radius 1 is 1.18 bits per heavy atom. The van der Waals surface area contributed by atoms with E-state index in [1.807, 2.05) is 18.2 Å². The summed E-state index contributed by atoms with van der Waals surface area (Å²) in [5.74, 6) is 1.44. The van der Waals surface area contributed by atoms with Crippen molar-refractivity contribution in [2.24, 2.45) is 17.3 Å². The van der Waals surface area contributed by atoms with Gasteiger partial charge in [0.25, 0.3) is 5.56 Å². The lowest BCUT2D eigenvalue weighted by Gasteiger charge is -2.61. The van der Waals surface area contributed by atoms with Crippen LogP contribution in [0.1, 0.15) is 44.9 Å². The number of fused-ring (bicyclic) bond motifs is 1. The van der Waals surface area contributed by atoms with Crippen molar-refractivity contribution in [1.82, 2.24) is 9.78 Å². The number of hydrogen-bond donors (Lipinski definition) is 2. The maximum absolute atomic E-state index is 13.4. The summed E-state index contributed by atoms with van der Waals surface area (Å²) in [4.78, 5) is 25.0. The first-order valence-electron chi connectivity index (χ1n) is 11.5. The fourth-order valence-electron chi connectivity index (χ4n) is 7.31. The number of halogens is 1. The van der Waals surface area contributed by atoms with E-state index in [1.165, 1.54) is 0 Å². The van der Waals surface area contributed by atoms with Crippen molar-refractivity contribution in [3.05, 3.63) is 39.8 Å². The molecule has 0 amide bonds. The summed E-state index contributed by atoms with van der Waals surface area (Å²) in [5.41, 5.74) is 0.128. The molecule has 33 heavy (non-hydrogen) atoms. The van der Waals surface area contributed by atoms with Crippen LogP contribution in [0.2, 0.25) is 5.02 Å². The summed E-state index contributed by atoms with van der Waals surface area (Å²) in [6, 6.07) is 5.46. The SMILES string of the molecule is O=C(O)CC12C[C@@H]3C[C@@H](C1)CC(n1ncc(Nc4ccc5c(c4)OCCO5)c(Cl)c1=O)(C3)C2. The Balaban J connectivity index is 1.32. The van der Waals surface area contributed by atoms with E-state index >= 15 is 0 Å². The number of carbonyl (C=O) groups is 1. The molecular weight excluding hydrogens is 446 g/mol. The molecule has 1 aliphatic heterocycles. The van der Waals surface area contributed by atoms with Crippen molar-refractivity contribution >= 4 is 28.9 Å². The van der Waals surface area contributed by atoms with Crippen LogP contribution in [0.5, 0.6) is 11.5 Å². The van der Waals surface area contributed by atoms with E-state index in [4.69, 9.17) is 21.1 Å². The number of benzene rings is 1. The molecule has 8 nitrogen and oxygen atoms in total. The highest BCUT2D eigenvalue weighted by Crippen LogP contribution is 2.65. The van der Waals surface area contributed by atoms with Gasteiger partial charge in [-0.2, -0.15) is 5.10 Å². The predicted molar refractivity (Wildman–Crippen MR) is 122 cm³/mol. The summed E-state index contributed by atoms with van der Waals surface area (Å²) in [7, 11) is 0. The molecule has 2 heterocycles. The molecule has 9 heteroatoms. The van der Waals surface area contributed by atoms with Crippen LogP contribution in [0.25, 0.3) is 0 Å². The number of nitrogens with one attached hydrogen (secondary N) is 1. The average molecular weight is 472 g/mol. The van der Waals surface area contributed by atoms with Crippen molar-refractivity contribution < 1.29 is 19.4 Å². The fraction of sp³-hybridized carbons (Fsp3) is 0.542. The first-order chi connectivity index (χ1) is 15.8. The van der Waals surface area contributed by atoms with Crippen LogP contribution in [0.3, 0.4) is 0 Å². The number of hydrogen-bond acceptors (Lipinski definition) is 6. The minimum Gasteiger partial charge on any atom is -0.486 e. The molecule has 4 fully saturated rings. The Morgan fingerprint density at radius 3 is 2.64 bits per heavy atom. The molecule has 7 rings (SSSR count). The zero-order chi connectivity index (χ0) is 22.8. The first-order valence-corrected chi connectivity index (χ1v) is 11.9. The van der Waals surface area contributed by atoms with Crippen LogP contribution in [0.4, 0.5) is 11.4 Å². The highest BCUT2D eigenvalue weighted by Gasteiger charge is 2.59. The number of aliphatic carboxylic acids is 1. The fourth-order valence-corrected chi connectivity index (χ4v) is 7.49. The lowest BCUT2D eigenvalue weighted by atomic mass is 9.46. The minimum absolute atomic E-state index is 0.0860. The zero-order valence-corrected chi connectivity index (χ0v) is 18.9. The number of nitrogens with zero attached hydrogens (tertiary/aromatic N) is 2. The van der Waals surface area contributed by atoms with Gasteiger partial charge in [-0.15, -0.1) is 0 Å². The van der Waals surface area contributed by atoms with Gasteiger partial charge in [-0.05, 0) is 67.9 Å². The Morgan fingerprint density at radius 2 is 1.91 bits per heavy atom. The Labute approximate surface area is 195 Å². The van der Waals surface area contributed by atoms with E-state index < -0.39 is 11.5 Å². The third-order valence-corrected chi connectivity index (χ3v) is 8.23. The summed E-state index contributed by atoms with van der Waals surface area (Å²) in [6.45, 7) is 1.01. The van der Waals surface area contributed by atoms with E-state index in [0.29, 0.717) is 48.7 Å². The monoisotopic (exact) mass is 471 g/mol. The van der Waals surface area contributed by atoms with Crippen LogP contribution in [-0.4, -0.2) is 34.1 Å². The maximum Gasteiger partial charge on any atom is 0.303 e. The molecule has 0 spiro atoms. The molecule has 5 aliphatic rings. The number of anilines is 2. The van der Waals surface area contributed by atoms with Crippen molar-refractivity contribution in [1.29, 1.82) is 0 Å². The van der Waals surface area contributed by atoms with Gasteiger partial charge in [0.1, 0.15) is 18.2 Å². The molecule has 2 atom stereocenters. The minimum atomic E-state index is -0.760. The van der Waals surface area contributed by atoms with Crippen LogP contribution < -0.4 is 20.3 Å². The van der Waals surface area contributed by atoms with Crippen molar-refractivity contribution in [2.45, 2.75) is 50.5 Å². The van der Waals surface area contributed by atoms with E-state index in [1.54, 1.807) is 10.9 Å². The van der Waals surface area contributed by atoms with E-state index in [2.05, 4.69) is 10.4 Å². The molecule has 4 aliphatic carbocycles. The number of rotatable bonds is 5. The van der Waals surface area contributed by atoms with Gasteiger partial charge in [-0.1, -0.05) is 11.6 Å². The van der Waals surface area contributed by atoms with Crippen LogP contribution in [0.15, 0.2) is 29.2 Å². The smallest absolute Gasteiger partial charge is 0.303 e. The quantitative estimate of drug-likeness (QED) is 0.674. The molecule has 0 radical (unpaired) electrons. The lowest BCUT2D eigenvalue weighted by Crippen LogP contribution is -2.59. The van der Waals surface area contributed by atoms with Gasteiger partial charge >= 0.3 is 5.97 Å². The Kier molecular flexibility index (Phi) is 4.66. The van der Waals surface area contributed by atoms with Crippen LogP contribution in [-0.2, 0) is 10.3 Å². The molecule has 4 bridgehead atoms. The maximum atomic E-state index is 13.4. The summed E-state index contributed by atoms with van der Waals surface area (Å²) >= 11 is 6.56. The molecule has 1 aromatic carbocycles. The van der Waals surface area contributed by atoms with Gasteiger partial charge in [-0.3, -0.25) is 9.59 Å². The summed E-state index contributed by atoms with van der Waals surface area (Å²) < 4.78 is 12.8. The highest BCUT2D eigenvalue weighted by molar-refractivity contribution is 6.33. The number of aromatic nitrogens is 2. The molecule has 4 saturated carbocycles. The molecular formula is C24H26ClN3O5. The second kappa shape index (κ2) is 7.38. The van der Waals surface area contributed by atoms with Gasteiger partial charge < -0.3 is 19.9 Å². The molecule has 0 unspecified atom stereocenters. The van der Waals surface area contributed by atoms with Crippen LogP contribution >= 0.6 is 11.6 Å². The third kappa shape index (κ3) is 3.46. The average Bonchev–Trinajstić information content (AvgIpc) is 2.75. The number of ether oxygens (including phenoxy) is 2. The van der Waals surface area contributed by atoms with Gasteiger partial charge in [-0.25, -0.2) is 4.68 Å². The summed E-state index contributed by atoms with van der Waals surface area (Å²) in [6.07, 6.45) is 7.16. The Hall–Kier alpha value is -2.74. The largest absolute Gasteiger partial charge is 0.486 e.